The van der Waals surface area contributed by atoms with Crippen LogP contribution in [0.5, 0.6) is 0 Å². The second-order valence-corrected chi connectivity index (χ2v) is 7.73. The number of carbonyl (C=O) groups excluding carboxylic acids is 1. The molecule has 0 bridgehead atoms. The molecule has 0 spiro atoms. The molecule has 1 N–H and O–H groups in total. The van der Waals surface area contributed by atoms with Gasteiger partial charge in [0.2, 0.25) is 0 Å². The van der Waals surface area contributed by atoms with Gasteiger partial charge in [-0.3, -0.25) is 19.3 Å². The van der Waals surface area contributed by atoms with Crippen molar-refractivity contribution in [3.05, 3.63) is 20.4 Å². The van der Waals surface area contributed by atoms with Crippen molar-refractivity contribution < 1.29 is 9.53 Å². The van der Waals surface area contributed by atoms with Gasteiger partial charge in [-0.15, -0.1) is 0 Å². The van der Waals surface area contributed by atoms with Crippen molar-refractivity contribution >= 4 is 17.3 Å². The van der Waals surface area contributed by atoms with Crippen LogP contribution in [0.25, 0.3) is 0 Å². The van der Waals surface area contributed by atoms with E-state index >= 15 is 0 Å². The third-order valence-electron chi connectivity index (χ3n) is 5.88. The molecule has 0 amide bonds. The highest BCUT2D eigenvalue weighted by Crippen LogP contribution is 2.27. The van der Waals surface area contributed by atoms with E-state index in [0.717, 1.165) is 25.9 Å². The number of esters is 1. The lowest BCUT2D eigenvalue weighted by atomic mass is 9.96. The van der Waals surface area contributed by atoms with E-state index in [9.17, 15) is 14.4 Å². The van der Waals surface area contributed by atoms with E-state index in [0.29, 0.717) is 43.7 Å². The van der Waals surface area contributed by atoms with Crippen LogP contribution in [0.15, 0.2) is 9.59 Å². The zero-order valence-electron chi connectivity index (χ0n) is 16.5. The molecule has 27 heavy (non-hydrogen) atoms. The number of hydrogen-bond donors (Lipinski definition) is 1. The summed E-state index contributed by atoms with van der Waals surface area (Å²) in [7, 11) is 0. The Balaban J connectivity index is 1.60. The Labute approximate surface area is 160 Å². The third-order valence-corrected chi connectivity index (χ3v) is 5.88. The van der Waals surface area contributed by atoms with E-state index in [-0.39, 0.29) is 11.9 Å². The summed E-state index contributed by atoms with van der Waals surface area (Å²) < 4.78 is 5.12. The molecule has 0 radical (unpaired) electrons. The lowest BCUT2D eigenvalue weighted by Crippen LogP contribution is -2.48. The van der Waals surface area contributed by atoms with Gasteiger partial charge in [-0.05, 0) is 46.1 Å². The summed E-state index contributed by atoms with van der Waals surface area (Å²) in [5.74, 6) is -0.445. The van der Waals surface area contributed by atoms with E-state index in [1.54, 1.807) is 6.92 Å². The van der Waals surface area contributed by atoms with Crippen molar-refractivity contribution in [2.75, 3.05) is 49.5 Å². The number of carbonyl (C=O) groups is 1. The van der Waals surface area contributed by atoms with Crippen molar-refractivity contribution in [2.24, 2.45) is 5.92 Å². The summed E-state index contributed by atoms with van der Waals surface area (Å²) in [4.78, 5) is 40.6. The van der Waals surface area contributed by atoms with Crippen LogP contribution in [-0.4, -0.2) is 56.2 Å². The van der Waals surface area contributed by atoms with Crippen LogP contribution in [0.1, 0.15) is 46.0 Å². The van der Waals surface area contributed by atoms with Gasteiger partial charge in [0.15, 0.2) is 0 Å². The van der Waals surface area contributed by atoms with Crippen LogP contribution >= 0.6 is 0 Å². The molecule has 2 aliphatic heterocycles. The molecule has 150 valence electrons. The molecular weight excluding hydrogens is 346 g/mol. The van der Waals surface area contributed by atoms with Crippen LogP contribution in [0.3, 0.4) is 0 Å². The fraction of sp³-hybridized carbons (Fsp3) is 0.750. The standard InChI is InChI=1S/C20H31N3O4/c1-3-27-20(26)15-8-6-11-23(13-15)17-16(18(24)19(17)25)21-9-12-22-10-5-4-7-14(22)2/h14-15,21H,3-13H2,1-2H3/t14-,15-/m1/s1. The fourth-order valence-corrected chi connectivity index (χ4v) is 4.29. The van der Waals surface area contributed by atoms with Gasteiger partial charge < -0.3 is 15.0 Å². The topological polar surface area (TPSA) is 79.0 Å². The quantitative estimate of drug-likeness (QED) is 0.567. The summed E-state index contributed by atoms with van der Waals surface area (Å²) >= 11 is 0. The van der Waals surface area contributed by atoms with Crippen LogP contribution in [-0.2, 0) is 9.53 Å². The number of hydrogen-bond acceptors (Lipinski definition) is 7. The minimum atomic E-state index is -0.437. The highest BCUT2D eigenvalue weighted by Gasteiger charge is 2.32. The molecule has 2 saturated heterocycles. The van der Waals surface area contributed by atoms with Gasteiger partial charge in [-0.1, -0.05) is 6.42 Å². The number of nitrogens with one attached hydrogen (secondary N) is 1. The van der Waals surface area contributed by atoms with Gasteiger partial charge in [0.1, 0.15) is 11.4 Å². The molecule has 2 fully saturated rings. The van der Waals surface area contributed by atoms with Crippen LogP contribution < -0.4 is 21.1 Å². The average Bonchev–Trinajstić information content (AvgIpc) is 2.68. The summed E-state index contributed by atoms with van der Waals surface area (Å²) in [6.45, 7) is 8.14. The Hall–Kier alpha value is -1.89. The van der Waals surface area contributed by atoms with Crippen molar-refractivity contribution in [3.63, 3.8) is 0 Å². The maximum Gasteiger partial charge on any atom is 0.310 e. The van der Waals surface area contributed by atoms with Crippen LogP contribution in [0.2, 0.25) is 0 Å². The predicted octanol–water partition coefficient (Wildman–Crippen LogP) is 1.35. The molecule has 7 heteroatoms. The number of likely N-dealkylation sites (tertiary alicyclic amines) is 1. The van der Waals surface area contributed by atoms with E-state index in [2.05, 4.69) is 17.1 Å². The molecule has 2 atom stereocenters. The van der Waals surface area contributed by atoms with E-state index in [1.807, 2.05) is 4.90 Å². The second kappa shape index (κ2) is 8.87. The molecule has 1 aromatic carbocycles. The summed E-state index contributed by atoms with van der Waals surface area (Å²) in [6.07, 6.45) is 5.30. The normalized spacial score (nSPS) is 24.1. The Bertz CT molecular complexity index is 725. The summed E-state index contributed by atoms with van der Waals surface area (Å²) in [5.41, 5.74) is 0.0122. The van der Waals surface area contributed by atoms with Crippen LogP contribution in [0.4, 0.5) is 11.4 Å². The Kier molecular flexibility index (Phi) is 6.52. The van der Waals surface area contributed by atoms with Gasteiger partial charge in [0.05, 0.1) is 12.5 Å². The average molecular weight is 377 g/mol. The first kappa shape index (κ1) is 19.9. The molecule has 0 saturated carbocycles. The Morgan fingerprint density at radius 1 is 1.15 bits per heavy atom. The van der Waals surface area contributed by atoms with E-state index < -0.39 is 10.9 Å². The smallest absolute Gasteiger partial charge is 0.310 e. The molecule has 2 aliphatic rings. The molecular formula is C20H31N3O4. The molecule has 1 aromatic rings. The lowest BCUT2D eigenvalue weighted by molar-refractivity contribution is -0.148. The Morgan fingerprint density at radius 2 is 1.96 bits per heavy atom. The lowest BCUT2D eigenvalue weighted by Gasteiger charge is -2.35. The SMILES string of the molecule is CCOC(=O)[C@@H]1CCCN(c2c(NCCN3CCCC[C@H]3C)c(=O)c2=O)C1. The number of anilines is 2. The summed E-state index contributed by atoms with van der Waals surface area (Å²) in [6, 6.07) is 0.570. The fourth-order valence-electron chi connectivity index (χ4n) is 4.29. The second-order valence-electron chi connectivity index (χ2n) is 7.73. The zero-order chi connectivity index (χ0) is 19.4. The number of nitrogens with zero attached hydrogens (tertiary/aromatic N) is 2. The minimum absolute atomic E-state index is 0.213. The predicted molar refractivity (Wildman–Crippen MR) is 106 cm³/mol. The van der Waals surface area contributed by atoms with Crippen LogP contribution in [0, 0.1) is 5.92 Å². The first-order valence-electron chi connectivity index (χ1n) is 10.3. The van der Waals surface area contributed by atoms with E-state index in [1.165, 1.54) is 19.3 Å². The third kappa shape index (κ3) is 4.34. The monoisotopic (exact) mass is 377 g/mol. The largest absolute Gasteiger partial charge is 0.466 e. The van der Waals surface area contributed by atoms with E-state index in [4.69, 9.17) is 4.74 Å². The first-order valence-corrected chi connectivity index (χ1v) is 10.3. The summed E-state index contributed by atoms with van der Waals surface area (Å²) in [5, 5.41) is 3.19. The molecule has 3 rings (SSSR count). The van der Waals surface area contributed by atoms with Gasteiger partial charge in [0, 0.05) is 32.2 Å². The van der Waals surface area contributed by atoms with Crippen molar-refractivity contribution in [1.29, 1.82) is 0 Å². The molecule has 0 aromatic heterocycles. The number of piperidine rings is 2. The van der Waals surface area contributed by atoms with Gasteiger partial charge in [-0.2, -0.15) is 0 Å². The highest BCUT2D eigenvalue weighted by atomic mass is 16.5. The maximum absolute atomic E-state index is 12.2. The first-order chi connectivity index (χ1) is 13.0. The molecule has 0 aliphatic carbocycles. The number of rotatable bonds is 7. The molecule has 7 nitrogen and oxygen atoms in total. The zero-order valence-corrected chi connectivity index (χ0v) is 16.5. The van der Waals surface area contributed by atoms with Crippen molar-refractivity contribution in [1.82, 2.24) is 4.90 Å². The molecule has 2 heterocycles. The number of ether oxygens (including phenoxy) is 1. The van der Waals surface area contributed by atoms with Gasteiger partial charge in [0.25, 0.3) is 10.9 Å². The highest BCUT2D eigenvalue weighted by molar-refractivity contribution is 5.78. The van der Waals surface area contributed by atoms with Gasteiger partial charge >= 0.3 is 5.97 Å². The van der Waals surface area contributed by atoms with Crippen molar-refractivity contribution in [2.45, 2.75) is 52.0 Å². The van der Waals surface area contributed by atoms with Crippen molar-refractivity contribution in [3.8, 4) is 0 Å². The minimum Gasteiger partial charge on any atom is -0.466 e. The van der Waals surface area contributed by atoms with Gasteiger partial charge in [-0.25, -0.2) is 0 Å². The maximum atomic E-state index is 12.2. The molecule has 0 unspecified atom stereocenters. The Morgan fingerprint density at radius 3 is 2.70 bits per heavy atom.